The van der Waals surface area contributed by atoms with Crippen LogP contribution in [0.15, 0.2) is 21.7 Å². The molecule has 1 atom stereocenters. The van der Waals surface area contributed by atoms with Crippen molar-refractivity contribution < 1.29 is 9.90 Å². The zero-order valence-electron chi connectivity index (χ0n) is 10.2. The van der Waals surface area contributed by atoms with Gasteiger partial charge in [0.05, 0.1) is 4.21 Å². The molecule has 96 valence electrons. The SMILES string of the molecule is CCC(CCCSc1cccs1)(NC)C(=O)O. The van der Waals surface area contributed by atoms with E-state index >= 15 is 0 Å². The van der Waals surface area contributed by atoms with Gasteiger partial charge in [-0.3, -0.25) is 4.79 Å². The summed E-state index contributed by atoms with van der Waals surface area (Å²) in [5.74, 6) is 0.223. The lowest BCUT2D eigenvalue weighted by atomic mass is 9.91. The number of thioether (sulfide) groups is 1. The third kappa shape index (κ3) is 4.01. The van der Waals surface area contributed by atoms with Crippen LogP contribution in [0, 0.1) is 0 Å². The molecule has 0 aromatic carbocycles. The highest BCUT2D eigenvalue weighted by molar-refractivity contribution is 8.01. The minimum absolute atomic E-state index is 0.614. The largest absolute Gasteiger partial charge is 0.480 e. The highest BCUT2D eigenvalue weighted by Crippen LogP contribution is 2.26. The molecule has 3 nitrogen and oxygen atoms in total. The summed E-state index contributed by atoms with van der Waals surface area (Å²) in [5, 5.41) is 14.3. The van der Waals surface area contributed by atoms with E-state index in [4.69, 9.17) is 0 Å². The number of carboxylic acids is 1. The molecule has 17 heavy (non-hydrogen) atoms. The second-order valence-electron chi connectivity index (χ2n) is 3.87. The highest BCUT2D eigenvalue weighted by Gasteiger charge is 2.33. The average molecular weight is 273 g/mol. The lowest BCUT2D eigenvalue weighted by Crippen LogP contribution is -2.49. The van der Waals surface area contributed by atoms with Gasteiger partial charge in [-0.15, -0.1) is 23.1 Å². The van der Waals surface area contributed by atoms with E-state index in [0.717, 1.165) is 12.2 Å². The van der Waals surface area contributed by atoms with Crippen molar-refractivity contribution in [2.75, 3.05) is 12.8 Å². The number of rotatable bonds is 8. The van der Waals surface area contributed by atoms with E-state index in [9.17, 15) is 9.90 Å². The van der Waals surface area contributed by atoms with Gasteiger partial charge >= 0.3 is 5.97 Å². The fraction of sp³-hybridized carbons (Fsp3) is 0.583. The number of carbonyl (C=O) groups is 1. The summed E-state index contributed by atoms with van der Waals surface area (Å²) >= 11 is 3.53. The van der Waals surface area contributed by atoms with Gasteiger partial charge in [0.1, 0.15) is 5.54 Å². The smallest absolute Gasteiger partial charge is 0.323 e. The zero-order chi connectivity index (χ0) is 12.7. The van der Waals surface area contributed by atoms with Gasteiger partial charge < -0.3 is 10.4 Å². The molecule has 0 fully saturated rings. The molecule has 0 saturated carbocycles. The number of likely N-dealkylation sites (N-methyl/N-ethyl adjacent to an activating group) is 1. The molecule has 0 bridgehead atoms. The summed E-state index contributed by atoms with van der Waals surface area (Å²) in [6, 6.07) is 4.13. The first kappa shape index (κ1) is 14.5. The van der Waals surface area contributed by atoms with Gasteiger partial charge in [-0.05, 0) is 43.5 Å². The summed E-state index contributed by atoms with van der Waals surface area (Å²) < 4.78 is 1.30. The van der Waals surface area contributed by atoms with Crippen LogP contribution in [0.25, 0.3) is 0 Å². The number of hydrogen-bond donors (Lipinski definition) is 2. The molecule has 0 saturated heterocycles. The Morgan fingerprint density at radius 1 is 1.65 bits per heavy atom. The third-order valence-corrected chi connectivity index (χ3v) is 5.20. The Bertz CT molecular complexity index is 334. The van der Waals surface area contributed by atoms with E-state index in [1.165, 1.54) is 4.21 Å². The van der Waals surface area contributed by atoms with Gasteiger partial charge in [-0.1, -0.05) is 13.0 Å². The molecular weight excluding hydrogens is 254 g/mol. The molecule has 0 radical (unpaired) electrons. The zero-order valence-corrected chi connectivity index (χ0v) is 11.9. The fourth-order valence-electron chi connectivity index (χ4n) is 1.74. The molecule has 2 N–H and O–H groups in total. The van der Waals surface area contributed by atoms with Crippen LogP contribution in [0.1, 0.15) is 26.2 Å². The Morgan fingerprint density at radius 2 is 2.41 bits per heavy atom. The first-order valence-electron chi connectivity index (χ1n) is 5.73. The highest BCUT2D eigenvalue weighted by atomic mass is 32.2. The van der Waals surface area contributed by atoms with E-state index in [1.54, 1.807) is 30.1 Å². The van der Waals surface area contributed by atoms with Crippen LogP contribution >= 0.6 is 23.1 Å². The second-order valence-corrected chi connectivity index (χ2v) is 6.22. The Morgan fingerprint density at radius 3 is 2.88 bits per heavy atom. The number of hydrogen-bond acceptors (Lipinski definition) is 4. The van der Waals surface area contributed by atoms with Crippen LogP contribution in [0.4, 0.5) is 0 Å². The summed E-state index contributed by atoms with van der Waals surface area (Å²) in [7, 11) is 1.73. The maximum Gasteiger partial charge on any atom is 0.323 e. The number of aliphatic carboxylic acids is 1. The van der Waals surface area contributed by atoms with Crippen molar-refractivity contribution in [3.05, 3.63) is 17.5 Å². The maximum atomic E-state index is 11.2. The Labute approximate surface area is 111 Å². The molecule has 1 unspecified atom stereocenters. The van der Waals surface area contributed by atoms with Crippen molar-refractivity contribution in [1.29, 1.82) is 0 Å². The minimum Gasteiger partial charge on any atom is -0.480 e. The molecular formula is C12H19NO2S2. The van der Waals surface area contributed by atoms with Gasteiger partial charge in [0.25, 0.3) is 0 Å². The minimum atomic E-state index is -0.754. The maximum absolute atomic E-state index is 11.2. The third-order valence-electron chi connectivity index (χ3n) is 2.98. The van der Waals surface area contributed by atoms with Gasteiger partial charge in [0.2, 0.25) is 0 Å². The summed E-state index contributed by atoms with van der Waals surface area (Å²) in [4.78, 5) is 11.2. The summed E-state index contributed by atoms with van der Waals surface area (Å²) in [6.07, 6.45) is 2.19. The van der Waals surface area contributed by atoms with Gasteiger partial charge in [0.15, 0.2) is 0 Å². The number of carboxylic acid groups (broad SMARTS) is 1. The van der Waals surface area contributed by atoms with E-state index in [0.29, 0.717) is 12.8 Å². The van der Waals surface area contributed by atoms with Crippen molar-refractivity contribution in [2.24, 2.45) is 0 Å². The summed E-state index contributed by atoms with van der Waals surface area (Å²) in [6.45, 7) is 1.91. The van der Waals surface area contributed by atoms with E-state index < -0.39 is 11.5 Å². The van der Waals surface area contributed by atoms with E-state index in [2.05, 4.69) is 16.8 Å². The molecule has 1 aromatic rings. The monoisotopic (exact) mass is 273 g/mol. The lowest BCUT2D eigenvalue weighted by Gasteiger charge is -2.27. The van der Waals surface area contributed by atoms with Crippen molar-refractivity contribution in [2.45, 2.75) is 35.9 Å². The Hall–Kier alpha value is -0.520. The van der Waals surface area contributed by atoms with Crippen LogP contribution in [0.3, 0.4) is 0 Å². The summed E-state index contributed by atoms with van der Waals surface area (Å²) in [5.41, 5.74) is -0.754. The first-order chi connectivity index (χ1) is 8.14. The van der Waals surface area contributed by atoms with Crippen molar-refractivity contribution in [3.8, 4) is 0 Å². The predicted molar refractivity (Wildman–Crippen MR) is 74.0 cm³/mol. The van der Waals surface area contributed by atoms with Crippen LogP contribution in [-0.2, 0) is 4.79 Å². The van der Waals surface area contributed by atoms with Crippen LogP contribution in [0.5, 0.6) is 0 Å². The van der Waals surface area contributed by atoms with Gasteiger partial charge in [0, 0.05) is 0 Å². The average Bonchev–Trinajstić information content (AvgIpc) is 2.82. The molecule has 0 aliphatic carbocycles. The topological polar surface area (TPSA) is 49.3 Å². The van der Waals surface area contributed by atoms with Crippen molar-refractivity contribution in [1.82, 2.24) is 5.32 Å². The Kier molecular flexibility index (Phi) is 6.02. The normalized spacial score (nSPS) is 14.5. The van der Waals surface area contributed by atoms with Gasteiger partial charge in [-0.25, -0.2) is 0 Å². The predicted octanol–water partition coefficient (Wildman–Crippen LogP) is 3.07. The molecule has 1 aromatic heterocycles. The fourth-order valence-corrected chi connectivity index (χ4v) is 3.54. The second kappa shape index (κ2) is 7.03. The van der Waals surface area contributed by atoms with Crippen LogP contribution in [-0.4, -0.2) is 29.4 Å². The number of thiophene rings is 1. The molecule has 1 heterocycles. The van der Waals surface area contributed by atoms with Crippen molar-refractivity contribution >= 4 is 29.1 Å². The molecule has 0 spiro atoms. The van der Waals surface area contributed by atoms with Gasteiger partial charge in [-0.2, -0.15) is 0 Å². The number of nitrogens with one attached hydrogen (secondary N) is 1. The molecule has 5 heteroatoms. The lowest BCUT2D eigenvalue weighted by molar-refractivity contribution is -0.145. The van der Waals surface area contributed by atoms with Crippen LogP contribution in [0.2, 0.25) is 0 Å². The van der Waals surface area contributed by atoms with Crippen LogP contribution < -0.4 is 5.32 Å². The van der Waals surface area contributed by atoms with E-state index in [-0.39, 0.29) is 0 Å². The van der Waals surface area contributed by atoms with E-state index in [1.807, 2.05) is 13.0 Å². The molecule has 0 aliphatic rings. The molecule has 1 rings (SSSR count). The quantitative estimate of drug-likeness (QED) is 0.564. The first-order valence-corrected chi connectivity index (χ1v) is 7.60. The van der Waals surface area contributed by atoms with Crippen molar-refractivity contribution in [3.63, 3.8) is 0 Å². The Balaban J connectivity index is 2.35. The molecule has 0 aliphatic heterocycles. The molecule has 0 amide bonds. The standard InChI is InChI=1S/C12H19NO2S2/c1-3-12(13-2,11(14)15)7-5-9-17-10-6-4-8-16-10/h4,6,8,13H,3,5,7,9H2,1-2H3,(H,14,15).